The highest BCUT2D eigenvalue weighted by Crippen LogP contribution is 2.37. The van der Waals surface area contributed by atoms with Crippen molar-refractivity contribution in [2.24, 2.45) is 0 Å². The number of aryl methyl sites for hydroxylation is 1. The van der Waals surface area contributed by atoms with Crippen LogP contribution in [-0.4, -0.2) is 37.7 Å². The molecule has 3 N–H and O–H groups in total. The monoisotopic (exact) mass is 547 g/mol. The number of H-pyrrole nitrogens is 1. The third kappa shape index (κ3) is 5.80. The number of amides is 1. The molecule has 0 saturated heterocycles. The van der Waals surface area contributed by atoms with Crippen molar-refractivity contribution in [2.45, 2.75) is 44.8 Å². The van der Waals surface area contributed by atoms with E-state index >= 15 is 0 Å². The molecule has 0 radical (unpaired) electrons. The molecule has 2 aromatic carbocycles. The highest BCUT2D eigenvalue weighted by Gasteiger charge is 2.29. The Balaban J connectivity index is 1.47. The highest BCUT2D eigenvalue weighted by molar-refractivity contribution is 7.91. The fourth-order valence-electron chi connectivity index (χ4n) is 5.08. The van der Waals surface area contributed by atoms with Crippen molar-refractivity contribution in [3.8, 4) is 0 Å². The number of sulfonamides is 1. The number of fused-ring (bicyclic) bond motifs is 2. The second kappa shape index (κ2) is 10.9. The second-order valence-corrected chi connectivity index (χ2v) is 11.3. The van der Waals surface area contributed by atoms with Crippen LogP contribution in [0.25, 0.3) is 11.6 Å². The van der Waals surface area contributed by atoms with Gasteiger partial charge in [0.2, 0.25) is 10.0 Å². The molecule has 1 aliphatic heterocycles. The summed E-state index contributed by atoms with van der Waals surface area (Å²) in [6, 6.07) is 13.7. The van der Waals surface area contributed by atoms with Crippen molar-refractivity contribution >= 4 is 50.7 Å². The Morgan fingerprint density at radius 3 is 2.67 bits per heavy atom. The Kier molecular flexibility index (Phi) is 7.38. The van der Waals surface area contributed by atoms with Gasteiger partial charge in [-0.15, -0.1) is 0 Å². The van der Waals surface area contributed by atoms with Crippen LogP contribution >= 0.6 is 0 Å². The number of ketones is 1. The maximum absolute atomic E-state index is 13.0. The van der Waals surface area contributed by atoms with E-state index in [9.17, 15) is 22.8 Å². The summed E-state index contributed by atoms with van der Waals surface area (Å²) < 4.78 is 33.2. The lowest BCUT2D eigenvalue weighted by Crippen LogP contribution is -2.15. The molecule has 10 heteroatoms. The molecule has 2 aliphatic rings. The summed E-state index contributed by atoms with van der Waals surface area (Å²) in [5, 5.41) is 2.82. The second-order valence-electron chi connectivity index (χ2n) is 9.57. The minimum atomic E-state index is -3.69. The number of aromatic amines is 1. The fraction of sp³-hybridized carbons (Fsp3) is 0.276. The van der Waals surface area contributed by atoms with Crippen LogP contribution in [0.15, 0.2) is 48.5 Å². The molecule has 0 unspecified atom stereocenters. The standard InChI is InChI=1S/C29H29N3O6S/c1-2-38-27(34)14-12-20-25(30-24-9-6-10-26(33)28(20)24)16-22-21-15-19(11-13-23(21)31-29(22)35)32-39(36,37)17-18-7-4-3-5-8-18/h3-5,7-8,11,13,15-16,30,32H,2,6,9-10,12,14,17H2,1H3,(H,31,35). The number of hydrogen-bond donors (Lipinski definition) is 3. The topological polar surface area (TPSA) is 134 Å². The number of hydrogen-bond acceptors (Lipinski definition) is 6. The highest BCUT2D eigenvalue weighted by atomic mass is 32.2. The van der Waals surface area contributed by atoms with Gasteiger partial charge >= 0.3 is 5.97 Å². The average molecular weight is 548 g/mol. The van der Waals surface area contributed by atoms with E-state index in [0.717, 1.165) is 12.1 Å². The molecule has 0 fully saturated rings. The molecule has 1 amide bonds. The summed E-state index contributed by atoms with van der Waals surface area (Å²) in [7, 11) is -3.69. The van der Waals surface area contributed by atoms with Crippen LogP contribution in [0.5, 0.6) is 0 Å². The zero-order valence-corrected chi connectivity index (χ0v) is 22.3. The van der Waals surface area contributed by atoms with Crippen molar-refractivity contribution in [2.75, 3.05) is 16.6 Å². The molecule has 2 heterocycles. The van der Waals surface area contributed by atoms with Gasteiger partial charge < -0.3 is 15.0 Å². The summed E-state index contributed by atoms with van der Waals surface area (Å²) in [4.78, 5) is 41.1. The van der Waals surface area contributed by atoms with Crippen LogP contribution < -0.4 is 10.0 Å². The summed E-state index contributed by atoms with van der Waals surface area (Å²) >= 11 is 0. The Morgan fingerprint density at radius 2 is 1.90 bits per heavy atom. The fourth-order valence-corrected chi connectivity index (χ4v) is 6.27. The number of benzene rings is 2. The molecule has 0 spiro atoms. The lowest BCUT2D eigenvalue weighted by molar-refractivity contribution is -0.143. The summed E-state index contributed by atoms with van der Waals surface area (Å²) in [5.41, 5.74) is 5.09. The number of Topliss-reactive ketones (excluding diaryl/α,β-unsaturated/α-hetero) is 1. The van der Waals surface area contributed by atoms with Crippen molar-refractivity contribution in [1.82, 2.24) is 4.98 Å². The Hall–Kier alpha value is -4.18. The number of aromatic nitrogens is 1. The quantitative estimate of drug-likeness (QED) is 0.267. The van der Waals surface area contributed by atoms with E-state index in [2.05, 4.69) is 15.0 Å². The molecule has 0 saturated carbocycles. The molecular weight excluding hydrogens is 518 g/mol. The minimum Gasteiger partial charge on any atom is -0.466 e. The Bertz CT molecular complexity index is 1590. The predicted molar refractivity (Wildman–Crippen MR) is 149 cm³/mol. The van der Waals surface area contributed by atoms with Crippen LogP contribution in [0.1, 0.15) is 64.6 Å². The maximum atomic E-state index is 13.0. The van der Waals surface area contributed by atoms with Crippen LogP contribution in [0.3, 0.4) is 0 Å². The van der Waals surface area contributed by atoms with Crippen molar-refractivity contribution < 1.29 is 27.5 Å². The minimum absolute atomic E-state index is 0.0161. The van der Waals surface area contributed by atoms with E-state index in [1.54, 1.807) is 55.5 Å². The molecule has 0 bridgehead atoms. The first kappa shape index (κ1) is 26.4. The van der Waals surface area contributed by atoms with Gasteiger partial charge in [-0.1, -0.05) is 30.3 Å². The summed E-state index contributed by atoms with van der Waals surface area (Å²) in [5.74, 6) is -0.867. The number of ether oxygens (including phenoxy) is 1. The molecule has 3 aromatic rings. The van der Waals surface area contributed by atoms with Gasteiger partial charge in [0.1, 0.15) is 0 Å². The van der Waals surface area contributed by atoms with E-state index in [4.69, 9.17) is 4.74 Å². The molecule has 9 nitrogen and oxygen atoms in total. The van der Waals surface area contributed by atoms with E-state index < -0.39 is 10.0 Å². The zero-order chi connectivity index (χ0) is 27.6. The van der Waals surface area contributed by atoms with Gasteiger partial charge in [0.05, 0.1) is 17.9 Å². The lowest BCUT2D eigenvalue weighted by atomic mass is 9.91. The number of carbonyl (C=O) groups is 3. The van der Waals surface area contributed by atoms with Crippen molar-refractivity contribution in [3.05, 3.63) is 82.2 Å². The first-order chi connectivity index (χ1) is 18.7. The van der Waals surface area contributed by atoms with E-state index in [-0.39, 0.29) is 36.4 Å². The largest absolute Gasteiger partial charge is 0.466 e. The van der Waals surface area contributed by atoms with Crippen molar-refractivity contribution in [1.29, 1.82) is 0 Å². The number of carbonyl (C=O) groups excluding carboxylic acids is 3. The Labute approximate surface area is 226 Å². The molecule has 39 heavy (non-hydrogen) atoms. The van der Waals surface area contributed by atoms with Gasteiger partial charge in [0.15, 0.2) is 5.78 Å². The van der Waals surface area contributed by atoms with Gasteiger partial charge in [-0.3, -0.25) is 19.1 Å². The van der Waals surface area contributed by atoms with E-state index in [1.165, 1.54) is 0 Å². The number of esters is 1. The molecule has 5 rings (SSSR count). The van der Waals surface area contributed by atoms with Gasteiger partial charge in [0.25, 0.3) is 5.91 Å². The van der Waals surface area contributed by atoms with Crippen LogP contribution in [0.2, 0.25) is 0 Å². The van der Waals surface area contributed by atoms with Crippen LogP contribution in [0.4, 0.5) is 11.4 Å². The lowest BCUT2D eigenvalue weighted by Gasteiger charge is -2.11. The van der Waals surface area contributed by atoms with E-state index in [1.807, 2.05) is 6.07 Å². The first-order valence-electron chi connectivity index (χ1n) is 12.9. The van der Waals surface area contributed by atoms with E-state index in [0.29, 0.717) is 64.2 Å². The SMILES string of the molecule is CCOC(=O)CCc1c(C=C2C(=O)Nc3ccc(NS(=O)(=O)Cc4ccccc4)cc32)[nH]c2c1C(=O)CCC2. The molecule has 202 valence electrons. The summed E-state index contributed by atoms with van der Waals surface area (Å²) in [6.07, 6.45) is 3.95. The Morgan fingerprint density at radius 1 is 1.10 bits per heavy atom. The van der Waals surface area contributed by atoms with Gasteiger partial charge in [-0.05, 0) is 61.6 Å². The summed E-state index contributed by atoms with van der Waals surface area (Å²) in [6.45, 7) is 2.01. The first-order valence-corrected chi connectivity index (χ1v) is 14.5. The number of anilines is 2. The van der Waals surface area contributed by atoms with Gasteiger partial charge in [-0.2, -0.15) is 0 Å². The zero-order valence-electron chi connectivity index (χ0n) is 21.5. The predicted octanol–water partition coefficient (Wildman–Crippen LogP) is 4.46. The number of rotatable bonds is 9. The smallest absolute Gasteiger partial charge is 0.306 e. The average Bonchev–Trinajstić information content (AvgIpc) is 3.40. The number of nitrogens with one attached hydrogen (secondary N) is 3. The third-order valence-corrected chi connectivity index (χ3v) is 8.03. The molecular formula is C29H29N3O6S. The van der Waals surface area contributed by atoms with Crippen molar-refractivity contribution in [3.63, 3.8) is 0 Å². The molecule has 0 atom stereocenters. The third-order valence-electron chi connectivity index (χ3n) is 6.77. The molecule has 1 aromatic heterocycles. The van der Waals surface area contributed by atoms with Gasteiger partial charge in [-0.25, -0.2) is 8.42 Å². The molecule has 1 aliphatic carbocycles. The maximum Gasteiger partial charge on any atom is 0.306 e. The van der Waals surface area contributed by atoms with Crippen LogP contribution in [-0.2, 0) is 42.9 Å². The normalized spacial score (nSPS) is 15.6. The van der Waals surface area contributed by atoms with Crippen LogP contribution in [0, 0.1) is 0 Å². The van der Waals surface area contributed by atoms with Gasteiger partial charge in [0, 0.05) is 46.7 Å².